The highest BCUT2D eigenvalue weighted by Crippen LogP contribution is 2.22. The van der Waals surface area contributed by atoms with Crippen molar-refractivity contribution >= 4 is 23.4 Å². The molecule has 0 radical (unpaired) electrons. The molecule has 3 heteroatoms. The smallest absolute Gasteiger partial charge is 0.0406 e. The van der Waals surface area contributed by atoms with Crippen molar-refractivity contribution in [2.75, 3.05) is 18.1 Å². The summed E-state index contributed by atoms with van der Waals surface area (Å²) in [5, 5.41) is 0.793. The van der Waals surface area contributed by atoms with Gasteiger partial charge in [0.1, 0.15) is 0 Å². The Bertz CT molecular complexity index is 286. The van der Waals surface area contributed by atoms with E-state index < -0.39 is 0 Å². The summed E-state index contributed by atoms with van der Waals surface area (Å²) in [5.41, 5.74) is 7.13. The lowest BCUT2D eigenvalue weighted by Gasteiger charge is -2.14. The quantitative estimate of drug-likeness (QED) is 0.750. The fraction of sp³-hybridized carbons (Fsp3) is 0.538. The van der Waals surface area contributed by atoms with Crippen LogP contribution in [0.15, 0.2) is 24.3 Å². The van der Waals surface area contributed by atoms with Crippen LogP contribution in [-0.4, -0.2) is 18.1 Å². The van der Waals surface area contributed by atoms with Crippen molar-refractivity contribution in [3.8, 4) is 0 Å². The van der Waals surface area contributed by atoms with Gasteiger partial charge in [-0.2, -0.15) is 11.8 Å². The zero-order valence-electron chi connectivity index (χ0n) is 9.79. The second kappa shape index (κ2) is 7.99. The first-order chi connectivity index (χ1) is 7.77. The van der Waals surface area contributed by atoms with Gasteiger partial charge in [0.25, 0.3) is 0 Å². The van der Waals surface area contributed by atoms with Crippen molar-refractivity contribution in [2.24, 2.45) is 5.73 Å². The van der Waals surface area contributed by atoms with Crippen LogP contribution >= 0.6 is 23.4 Å². The van der Waals surface area contributed by atoms with Gasteiger partial charge >= 0.3 is 0 Å². The Balaban J connectivity index is 2.44. The second-order valence-electron chi connectivity index (χ2n) is 3.82. The van der Waals surface area contributed by atoms with Crippen molar-refractivity contribution in [2.45, 2.75) is 25.7 Å². The molecule has 0 aromatic heterocycles. The lowest BCUT2D eigenvalue weighted by Crippen LogP contribution is -2.12. The predicted molar refractivity (Wildman–Crippen MR) is 75.5 cm³/mol. The van der Waals surface area contributed by atoms with Crippen LogP contribution in [-0.2, 0) is 0 Å². The molecule has 1 nitrogen and oxygen atoms in total. The fourth-order valence-electron chi connectivity index (χ4n) is 1.73. The van der Waals surface area contributed by atoms with E-state index in [1.54, 1.807) is 0 Å². The van der Waals surface area contributed by atoms with Crippen LogP contribution in [0.2, 0.25) is 5.02 Å². The van der Waals surface area contributed by atoms with Gasteiger partial charge in [0.05, 0.1) is 0 Å². The molecule has 0 spiro atoms. The molecule has 0 aliphatic carbocycles. The Labute approximate surface area is 108 Å². The number of thioether (sulfide) groups is 1. The van der Waals surface area contributed by atoms with Crippen molar-refractivity contribution in [1.82, 2.24) is 0 Å². The zero-order valence-corrected chi connectivity index (χ0v) is 11.4. The first kappa shape index (κ1) is 13.9. The van der Waals surface area contributed by atoms with Gasteiger partial charge in [0, 0.05) is 5.02 Å². The summed E-state index contributed by atoms with van der Waals surface area (Å²) < 4.78 is 0. The molecule has 0 saturated heterocycles. The summed E-state index contributed by atoms with van der Waals surface area (Å²) >= 11 is 7.87. The highest BCUT2D eigenvalue weighted by atomic mass is 35.5. The molecule has 0 bridgehead atoms. The minimum Gasteiger partial charge on any atom is -0.330 e. The van der Waals surface area contributed by atoms with E-state index in [1.165, 1.54) is 29.9 Å². The van der Waals surface area contributed by atoms with E-state index in [2.05, 4.69) is 19.1 Å². The summed E-state index contributed by atoms with van der Waals surface area (Å²) in [6.45, 7) is 2.92. The summed E-state index contributed by atoms with van der Waals surface area (Å²) in [6.07, 6.45) is 2.41. The summed E-state index contributed by atoms with van der Waals surface area (Å²) in [7, 11) is 0. The number of hydrogen-bond acceptors (Lipinski definition) is 2. The van der Waals surface area contributed by atoms with Gasteiger partial charge in [-0.15, -0.1) is 0 Å². The van der Waals surface area contributed by atoms with Crippen molar-refractivity contribution in [3.05, 3.63) is 34.9 Å². The molecule has 1 unspecified atom stereocenters. The third-order valence-electron chi connectivity index (χ3n) is 2.67. The van der Waals surface area contributed by atoms with Gasteiger partial charge in [-0.25, -0.2) is 0 Å². The SMILES string of the molecule is CCSCCCC(CN)c1ccc(Cl)cc1. The monoisotopic (exact) mass is 257 g/mol. The Morgan fingerprint density at radius 3 is 2.56 bits per heavy atom. The Morgan fingerprint density at radius 2 is 2.00 bits per heavy atom. The molecule has 0 amide bonds. The van der Waals surface area contributed by atoms with Crippen molar-refractivity contribution in [1.29, 1.82) is 0 Å². The molecule has 1 aromatic carbocycles. The highest BCUT2D eigenvalue weighted by molar-refractivity contribution is 7.99. The topological polar surface area (TPSA) is 26.0 Å². The van der Waals surface area contributed by atoms with Crippen LogP contribution in [0.4, 0.5) is 0 Å². The maximum Gasteiger partial charge on any atom is 0.0406 e. The van der Waals surface area contributed by atoms with E-state index in [-0.39, 0.29) is 0 Å². The van der Waals surface area contributed by atoms with Gasteiger partial charge in [0.2, 0.25) is 0 Å². The van der Waals surface area contributed by atoms with Gasteiger partial charge in [-0.1, -0.05) is 30.7 Å². The van der Waals surface area contributed by atoms with Crippen molar-refractivity contribution < 1.29 is 0 Å². The van der Waals surface area contributed by atoms with Gasteiger partial charge in [-0.3, -0.25) is 0 Å². The van der Waals surface area contributed by atoms with E-state index in [9.17, 15) is 0 Å². The van der Waals surface area contributed by atoms with Crippen LogP contribution in [0.1, 0.15) is 31.2 Å². The lowest BCUT2D eigenvalue weighted by molar-refractivity contribution is 0.626. The number of hydrogen-bond donors (Lipinski definition) is 1. The standard InChI is InChI=1S/C13H20ClNS/c1-2-16-9-3-4-12(10-15)11-5-7-13(14)8-6-11/h5-8,12H,2-4,9-10,15H2,1H3. The molecule has 0 aliphatic rings. The minimum absolute atomic E-state index is 0.481. The molecule has 90 valence electrons. The number of rotatable bonds is 7. The molecule has 1 aromatic rings. The van der Waals surface area contributed by atoms with Crippen LogP contribution in [0.3, 0.4) is 0 Å². The summed E-state index contributed by atoms with van der Waals surface area (Å²) in [6, 6.07) is 8.07. The number of nitrogens with two attached hydrogens (primary N) is 1. The first-order valence-corrected chi connectivity index (χ1v) is 7.34. The fourth-order valence-corrected chi connectivity index (χ4v) is 2.52. The lowest BCUT2D eigenvalue weighted by atomic mass is 9.95. The Hall–Kier alpha value is -0.180. The normalized spacial score (nSPS) is 12.7. The maximum absolute atomic E-state index is 5.87. The summed E-state index contributed by atoms with van der Waals surface area (Å²) in [5.74, 6) is 2.92. The average molecular weight is 258 g/mol. The molecule has 0 aliphatic heterocycles. The molecule has 0 heterocycles. The third kappa shape index (κ3) is 4.77. The predicted octanol–water partition coefficient (Wildman–Crippen LogP) is 3.92. The van der Waals surface area contributed by atoms with Crippen LogP contribution < -0.4 is 5.73 Å². The number of benzene rings is 1. The van der Waals surface area contributed by atoms with E-state index in [1.807, 2.05) is 23.9 Å². The molecule has 1 atom stereocenters. The molecular weight excluding hydrogens is 238 g/mol. The number of halogens is 1. The van der Waals surface area contributed by atoms with E-state index in [0.717, 1.165) is 11.6 Å². The maximum atomic E-state index is 5.87. The Morgan fingerprint density at radius 1 is 1.31 bits per heavy atom. The van der Waals surface area contributed by atoms with Crippen molar-refractivity contribution in [3.63, 3.8) is 0 Å². The van der Waals surface area contributed by atoms with Crippen LogP contribution in [0, 0.1) is 0 Å². The van der Waals surface area contributed by atoms with Crippen LogP contribution in [0.5, 0.6) is 0 Å². The molecule has 1 rings (SSSR count). The third-order valence-corrected chi connectivity index (χ3v) is 3.91. The molecular formula is C13H20ClNS. The largest absolute Gasteiger partial charge is 0.330 e. The van der Waals surface area contributed by atoms with E-state index in [4.69, 9.17) is 17.3 Å². The molecule has 0 saturated carbocycles. The van der Waals surface area contributed by atoms with E-state index >= 15 is 0 Å². The molecule has 2 N–H and O–H groups in total. The highest BCUT2D eigenvalue weighted by Gasteiger charge is 2.08. The minimum atomic E-state index is 0.481. The zero-order chi connectivity index (χ0) is 11.8. The van der Waals surface area contributed by atoms with Gasteiger partial charge in [0.15, 0.2) is 0 Å². The first-order valence-electron chi connectivity index (χ1n) is 5.81. The Kier molecular flexibility index (Phi) is 6.93. The second-order valence-corrected chi connectivity index (χ2v) is 5.65. The van der Waals surface area contributed by atoms with E-state index in [0.29, 0.717) is 5.92 Å². The molecule has 16 heavy (non-hydrogen) atoms. The van der Waals surface area contributed by atoms with Gasteiger partial charge in [-0.05, 0) is 54.5 Å². The average Bonchev–Trinajstić information content (AvgIpc) is 2.31. The summed E-state index contributed by atoms with van der Waals surface area (Å²) in [4.78, 5) is 0. The molecule has 0 fully saturated rings. The van der Waals surface area contributed by atoms with Crippen LogP contribution in [0.25, 0.3) is 0 Å². The van der Waals surface area contributed by atoms with Gasteiger partial charge < -0.3 is 5.73 Å².